The Morgan fingerprint density at radius 2 is 1.73 bits per heavy atom. The van der Waals surface area contributed by atoms with Gasteiger partial charge in [0.2, 0.25) is 0 Å². The summed E-state index contributed by atoms with van der Waals surface area (Å²) >= 11 is 0. The summed E-state index contributed by atoms with van der Waals surface area (Å²) in [5.74, 6) is -0.372. The van der Waals surface area contributed by atoms with Gasteiger partial charge in [0.25, 0.3) is 0 Å². The maximum absolute atomic E-state index is 11.9. The van der Waals surface area contributed by atoms with E-state index >= 15 is 0 Å². The molecule has 2 aromatic rings. The van der Waals surface area contributed by atoms with Crippen LogP contribution in [0.4, 0.5) is 0 Å². The third kappa shape index (κ3) is 3.31. The van der Waals surface area contributed by atoms with Crippen molar-refractivity contribution in [1.29, 1.82) is 0 Å². The Hall–Kier alpha value is -2.68. The van der Waals surface area contributed by atoms with Crippen LogP contribution in [0.2, 0.25) is 0 Å². The van der Waals surface area contributed by atoms with Gasteiger partial charge in [0.15, 0.2) is 0 Å². The molecule has 0 bridgehead atoms. The van der Waals surface area contributed by atoms with Crippen LogP contribution in [-0.2, 0) is 16.1 Å². The van der Waals surface area contributed by atoms with Crippen LogP contribution in [0.15, 0.2) is 65.3 Å². The van der Waals surface area contributed by atoms with Crippen LogP contribution in [0, 0.1) is 6.92 Å². The molecule has 0 atom stereocenters. The van der Waals surface area contributed by atoms with Crippen LogP contribution in [-0.4, -0.2) is 11.7 Å². The van der Waals surface area contributed by atoms with Gasteiger partial charge in [-0.2, -0.15) is 0 Å². The maximum Gasteiger partial charge on any atom is 0.367 e. The van der Waals surface area contributed by atoms with E-state index in [1.165, 1.54) is 11.1 Å². The predicted molar refractivity (Wildman–Crippen MR) is 87.4 cm³/mol. The van der Waals surface area contributed by atoms with Gasteiger partial charge in [0.05, 0.1) is 11.3 Å². The molecule has 0 saturated heterocycles. The van der Waals surface area contributed by atoms with Gasteiger partial charge in [-0.1, -0.05) is 65.3 Å². The lowest BCUT2D eigenvalue weighted by molar-refractivity contribution is -0.136. The summed E-state index contributed by atoms with van der Waals surface area (Å²) < 4.78 is 0. The normalized spacial score (nSPS) is 15.8. The lowest BCUT2D eigenvalue weighted by Crippen LogP contribution is -2.06. The third-order valence-corrected chi connectivity index (χ3v) is 3.65. The maximum atomic E-state index is 11.9. The second-order valence-corrected chi connectivity index (χ2v) is 5.37. The Morgan fingerprint density at radius 1 is 1.00 bits per heavy atom. The lowest BCUT2D eigenvalue weighted by Gasteiger charge is -2.02. The van der Waals surface area contributed by atoms with E-state index in [1.807, 2.05) is 55.5 Å². The zero-order valence-electron chi connectivity index (χ0n) is 12.5. The molecule has 0 saturated carbocycles. The molecule has 3 heteroatoms. The fourth-order valence-corrected chi connectivity index (χ4v) is 2.37. The van der Waals surface area contributed by atoms with Gasteiger partial charge in [0, 0.05) is 0 Å². The van der Waals surface area contributed by atoms with E-state index in [-0.39, 0.29) is 5.97 Å². The number of hydrogen-bond donors (Lipinski definition) is 0. The van der Waals surface area contributed by atoms with Crippen molar-refractivity contribution in [1.82, 2.24) is 0 Å². The van der Waals surface area contributed by atoms with Crippen molar-refractivity contribution in [3.63, 3.8) is 0 Å². The minimum absolute atomic E-state index is 0.372. The molecule has 0 N–H and O–H groups in total. The zero-order chi connectivity index (χ0) is 15.4. The highest BCUT2D eigenvalue weighted by atomic mass is 16.7. The van der Waals surface area contributed by atoms with Crippen molar-refractivity contribution in [2.24, 2.45) is 5.16 Å². The molecular weight excluding hydrogens is 274 g/mol. The van der Waals surface area contributed by atoms with E-state index in [2.05, 4.69) is 17.3 Å². The summed E-state index contributed by atoms with van der Waals surface area (Å²) in [6.07, 6.45) is 3.37. The minimum Gasteiger partial charge on any atom is -0.312 e. The van der Waals surface area contributed by atoms with Gasteiger partial charge in [-0.05, 0) is 37.0 Å². The van der Waals surface area contributed by atoms with Gasteiger partial charge in [-0.25, -0.2) is 4.79 Å². The highest BCUT2D eigenvalue weighted by molar-refractivity contribution is 6.25. The summed E-state index contributed by atoms with van der Waals surface area (Å²) in [6, 6.07) is 18.2. The molecule has 1 aliphatic heterocycles. The number of rotatable bonds is 4. The van der Waals surface area contributed by atoms with Crippen molar-refractivity contribution < 1.29 is 9.63 Å². The number of oxime groups is 1. The first-order valence-corrected chi connectivity index (χ1v) is 7.33. The quantitative estimate of drug-likeness (QED) is 0.632. The van der Waals surface area contributed by atoms with Crippen LogP contribution < -0.4 is 0 Å². The Labute approximate surface area is 129 Å². The number of hydrogen-bond acceptors (Lipinski definition) is 3. The highest BCUT2D eigenvalue weighted by Gasteiger charge is 2.24. The molecule has 0 aromatic heterocycles. The Balaban J connectivity index is 1.76. The van der Waals surface area contributed by atoms with Gasteiger partial charge in [-0.15, -0.1) is 0 Å². The Kier molecular flexibility index (Phi) is 4.15. The number of nitrogens with zero attached hydrogens (tertiary/aromatic N) is 1. The number of carbonyl (C=O) groups is 1. The molecule has 1 aliphatic rings. The van der Waals surface area contributed by atoms with Gasteiger partial charge >= 0.3 is 5.97 Å². The van der Waals surface area contributed by atoms with Crippen molar-refractivity contribution in [2.45, 2.75) is 19.8 Å². The van der Waals surface area contributed by atoms with Gasteiger partial charge < -0.3 is 4.84 Å². The summed E-state index contributed by atoms with van der Waals surface area (Å²) in [4.78, 5) is 16.7. The average molecular weight is 291 g/mol. The number of benzene rings is 2. The molecule has 22 heavy (non-hydrogen) atoms. The summed E-state index contributed by atoms with van der Waals surface area (Å²) in [7, 11) is 0. The molecule has 2 aromatic carbocycles. The first-order valence-electron chi connectivity index (χ1n) is 7.33. The van der Waals surface area contributed by atoms with Crippen LogP contribution in [0.5, 0.6) is 0 Å². The Bertz CT molecular complexity index is 728. The molecule has 0 aliphatic carbocycles. The molecule has 0 amide bonds. The molecule has 0 unspecified atom stereocenters. The van der Waals surface area contributed by atoms with Crippen molar-refractivity contribution in [3.05, 3.63) is 76.9 Å². The highest BCUT2D eigenvalue weighted by Crippen LogP contribution is 2.19. The summed E-state index contributed by atoms with van der Waals surface area (Å²) in [6.45, 7) is 2.04. The summed E-state index contributed by atoms with van der Waals surface area (Å²) in [5.41, 5.74) is 4.66. The van der Waals surface area contributed by atoms with E-state index < -0.39 is 0 Å². The molecule has 110 valence electrons. The molecule has 0 radical (unpaired) electrons. The Morgan fingerprint density at radius 3 is 2.45 bits per heavy atom. The second kappa shape index (κ2) is 6.39. The smallest absolute Gasteiger partial charge is 0.312 e. The average Bonchev–Trinajstić information content (AvgIpc) is 2.89. The molecule has 0 fully saturated rings. The summed E-state index contributed by atoms with van der Waals surface area (Å²) in [5, 5.41) is 3.93. The fraction of sp³-hybridized carbons (Fsp3) is 0.158. The van der Waals surface area contributed by atoms with Crippen LogP contribution in [0.3, 0.4) is 0 Å². The SMILES string of the molecule is Cc1ccc(/C=C2\C(=O)ON=C2CCc2ccccc2)cc1. The standard InChI is InChI=1S/C19H17NO2/c1-14-7-9-16(10-8-14)13-17-18(20-22-19(17)21)12-11-15-5-3-2-4-6-15/h2-10,13H,11-12H2,1H3/b17-13-. The van der Waals surface area contributed by atoms with Crippen molar-refractivity contribution in [3.8, 4) is 0 Å². The molecule has 0 spiro atoms. The second-order valence-electron chi connectivity index (χ2n) is 5.37. The lowest BCUT2D eigenvalue weighted by atomic mass is 10.0. The molecule has 3 rings (SSSR count). The largest absolute Gasteiger partial charge is 0.367 e. The predicted octanol–water partition coefficient (Wildman–Crippen LogP) is 3.92. The van der Waals surface area contributed by atoms with Crippen LogP contribution >= 0.6 is 0 Å². The fourth-order valence-electron chi connectivity index (χ4n) is 2.37. The number of carbonyl (C=O) groups excluding carboxylic acids is 1. The first-order chi connectivity index (χ1) is 10.7. The van der Waals surface area contributed by atoms with Crippen molar-refractivity contribution >= 4 is 17.8 Å². The van der Waals surface area contributed by atoms with E-state index in [4.69, 9.17) is 4.84 Å². The van der Waals surface area contributed by atoms with Crippen molar-refractivity contribution in [2.75, 3.05) is 0 Å². The molecular formula is C19H17NO2. The molecule has 3 nitrogen and oxygen atoms in total. The zero-order valence-corrected chi connectivity index (χ0v) is 12.5. The van der Waals surface area contributed by atoms with Crippen LogP contribution in [0.25, 0.3) is 6.08 Å². The van der Waals surface area contributed by atoms with E-state index in [0.717, 1.165) is 17.7 Å². The van der Waals surface area contributed by atoms with Crippen LogP contribution in [0.1, 0.15) is 23.1 Å². The van der Waals surface area contributed by atoms with Gasteiger partial charge in [0.1, 0.15) is 0 Å². The molecule has 1 heterocycles. The third-order valence-electron chi connectivity index (χ3n) is 3.65. The first kappa shape index (κ1) is 14.3. The van der Waals surface area contributed by atoms with E-state index in [0.29, 0.717) is 12.0 Å². The minimum atomic E-state index is -0.372. The van der Waals surface area contributed by atoms with E-state index in [1.54, 1.807) is 0 Å². The number of aryl methyl sites for hydroxylation is 2. The van der Waals surface area contributed by atoms with E-state index in [9.17, 15) is 4.79 Å². The van der Waals surface area contributed by atoms with Gasteiger partial charge in [-0.3, -0.25) is 0 Å². The monoisotopic (exact) mass is 291 g/mol. The topological polar surface area (TPSA) is 38.7 Å².